The SMILES string of the molecule is CC(C)n1nc(C(N)=O)c2ccccc21. The topological polar surface area (TPSA) is 60.9 Å². The lowest BCUT2D eigenvalue weighted by Crippen LogP contribution is -2.13. The second-order valence-corrected chi connectivity index (χ2v) is 3.77. The number of aromatic nitrogens is 2. The van der Waals surface area contributed by atoms with Crippen LogP contribution in [0.15, 0.2) is 24.3 Å². The molecular weight excluding hydrogens is 190 g/mol. The Bertz CT molecular complexity index is 514. The highest BCUT2D eigenvalue weighted by Crippen LogP contribution is 2.20. The zero-order valence-electron chi connectivity index (χ0n) is 8.77. The first-order valence-electron chi connectivity index (χ1n) is 4.88. The third-order valence-corrected chi connectivity index (χ3v) is 2.34. The van der Waals surface area contributed by atoms with Gasteiger partial charge in [-0.3, -0.25) is 9.48 Å². The van der Waals surface area contributed by atoms with Crippen molar-refractivity contribution in [2.45, 2.75) is 19.9 Å². The molecule has 2 rings (SSSR count). The van der Waals surface area contributed by atoms with Gasteiger partial charge >= 0.3 is 0 Å². The Hall–Kier alpha value is -1.84. The van der Waals surface area contributed by atoms with Gasteiger partial charge in [0.15, 0.2) is 5.69 Å². The molecule has 0 spiro atoms. The Balaban J connectivity index is 2.79. The maximum absolute atomic E-state index is 11.2. The molecule has 1 amide bonds. The lowest BCUT2D eigenvalue weighted by Gasteiger charge is -2.05. The molecule has 0 aliphatic carbocycles. The Morgan fingerprint density at radius 2 is 2.07 bits per heavy atom. The summed E-state index contributed by atoms with van der Waals surface area (Å²) in [6.07, 6.45) is 0. The normalized spacial score (nSPS) is 11.1. The van der Waals surface area contributed by atoms with E-state index in [1.54, 1.807) is 0 Å². The number of carbonyl (C=O) groups excluding carboxylic acids is 1. The Labute approximate surface area is 87.7 Å². The van der Waals surface area contributed by atoms with Crippen molar-refractivity contribution in [3.63, 3.8) is 0 Å². The highest BCUT2D eigenvalue weighted by molar-refractivity contribution is 6.04. The molecule has 0 fully saturated rings. The van der Waals surface area contributed by atoms with E-state index in [0.29, 0.717) is 5.69 Å². The average molecular weight is 203 g/mol. The second kappa shape index (κ2) is 3.38. The number of fused-ring (bicyclic) bond motifs is 1. The third kappa shape index (κ3) is 1.48. The lowest BCUT2D eigenvalue weighted by atomic mass is 10.2. The van der Waals surface area contributed by atoms with Crippen LogP contribution in [0.4, 0.5) is 0 Å². The minimum Gasteiger partial charge on any atom is -0.364 e. The van der Waals surface area contributed by atoms with Gasteiger partial charge in [0.25, 0.3) is 5.91 Å². The minimum absolute atomic E-state index is 0.211. The zero-order chi connectivity index (χ0) is 11.0. The van der Waals surface area contributed by atoms with Gasteiger partial charge in [0.2, 0.25) is 0 Å². The molecule has 15 heavy (non-hydrogen) atoms. The summed E-state index contributed by atoms with van der Waals surface area (Å²) in [6.45, 7) is 4.04. The quantitative estimate of drug-likeness (QED) is 0.807. The number of hydrogen-bond donors (Lipinski definition) is 1. The fourth-order valence-corrected chi connectivity index (χ4v) is 1.66. The fraction of sp³-hybridized carbons (Fsp3) is 0.273. The van der Waals surface area contributed by atoms with Gasteiger partial charge in [0.1, 0.15) is 0 Å². The van der Waals surface area contributed by atoms with Crippen LogP contribution in [0.2, 0.25) is 0 Å². The minimum atomic E-state index is -0.481. The van der Waals surface area contributed by atoms with Crippen molar-refractivity contribution in [2.75, 3.05) is 0 Å². The Morgan fingerprint density at radius 1 is 1.40 bits per heavy atom. The summed E-state index contributed by atoms with van der Waals surface area (Å²) in [5, 5.41) is 5.05. The van der Waals surface area contributed by atoms with Crippen LogP contribution in [0.1, 0.15) is 30.4 Å². The number of rotatable bonds is 2. The highest BCUT2D eigenvalue weighted by Gasteiger charge is 2.15. The molecule has 0 unspecified atom stereocenters. The molecule has 0 aliphatic rings. The van der Waals surface area contributed by atoms with E-state index < -0.39 is 5.91 Å². The Kier molecular flexibility index (Phi) is 2.19. The first-order valence-corrected chi connectivity index (χ1v) is 4.88. The largest absolute Gasteiger partial charge is 0.364 e. The summed E-state index contributed by atoms with van der Waals surface area (Å²) in [4.78, 5) is 11.2. The van der Waals surface area contributed by atoms with Crippen LogP contribution in [0, 0.1) is 0 Å². The molecular formula is C11H13N3O. The predicted octanol–water partition coefficient (Wildman–Crippen LogP) is 1.72. The first kappa shape index (κ1) is 9.71. The van der Waals surface area contributed by atoms with Gasteiger partial charge in [0.05, 0.1) is 5.52 Å². The standard InChI is InChI=1S/C11H13N3O/c1-7(2)14-9-6-4-3-5-8(9)10(13-14)11(12)15/h3-7H,1-2H3,(H2,12,15). The monoisotopic (exact) mass is 203 g/mol. The first-order chi connectivity index (χ1) is 7.11. The number of amides is 1. The third-order valence-electron chi connectivity index (χ3n) is 2.34. The van der Waals surface area contributed by atoms with Crippen LogP contribution in [0.25, 0.3) is 10.9 Å². The molecule has 1 aromatic carbocycles. The van der Waals surface area contributed by atoms with Crippen molar-refractivity contribution < 1.29 is 4.79 Å². The van der Waals surface area contributed by atoms with E-state index in [4.69, 9.17) is 5.73 Å². The summed E-state index contributed by atoms with van der Waals surface area (Å²) < 4.78 is 1.81. The molecule has 1 aromatic heterocycles. The summed E-state index contributed by atoms with van der Waals surface area (Å²) in [6, 6.07) is 7.81. The molecule has 1 heterocycles. The fourth-order valence-electron chi connectivity index (χ4n) is 1.66. The number of para-hydroxylation sites is 1. The van der Waals surface area contributed by atoms with Gasteiger partial charge in [-0.2, -0.15) is 5.10 Å². The molecule has 0 radical (unpaired) electrons. The molecule has 0 aliphatic heterocycles. The molecule has 0 atom stereocenters. The smallest absolute Gasteiger partial charge is 0.269 e. The molecule has 0 bridgehead atoms. The van der Waals surface area contributed by atoms with E-state index >= 15 is 0 Å². The van der Waals surface area contributed by atoms with Crippen molar-refractivity contribution in [3.8, 4) is 0 Å². The number of benzene rings is 1. The number of nitrogens with zero attached hydrogens (tertiary/aromatic N) is 2. The molecule has 4 nitrogen and oxygen atoms in total. The molecule has 2 aromatic rings. The summed E-state index contributed by atoms with van der Waals surface area (Å²) in [5.74, 6) is -0.481. The zero-order valence-corrected chi connectivity index (χ0v) is 8.77. The van der Waals surface area contributed by atoms with Crippen molar-refractivity contribution in [1.29, 1.82) is 0 Å². The van der Waals surface area contributed by atoms with E-state index in [1.165, 1.54) is 0 Å². The second-order valence-electron chi connectivity index (χ2n) is 3.77. The van der Waals surface area contributed by atoms with E-state index in [-0.39, 0.29) is 6.04 Å². The van der Waals surface area contributed by atoms with Crippen molar-refractivity contribution in [3.05, 3.63) is 30.0 Å². The van der Waals surface area contributed by atoms with E-state index in [2.05, 4.69) is 5.10 Å². The number of hydrogen-bond acceptors (Lipinski definition) is 2. The van der Waals surface area contributed by atoms with Crippen LogP contribution in [0.5, 0.6) is 0 Å². The molecule has 0 saturated carbocycles. The van der Waals surface area contributed by atoms with E-state index in [1.807, 2.05) is 42.8 Å². The van der Waals surface area contributed by atoms with Gasteiger partial charge in [-0.1, -0.05) is 18.2 Å². The van der Waals surface area contributed by atoms with Crippen molar-refractivity contribution >= 4 is 16.8 Å². The average Bonchev–Trinajstić information content (AvgIpc) is 2.56. The number of carbonyl (C=O) groups is 1. The van der Waals surface area contributed by atoms with Gasteiger partial charge in [-0.15, -0.1) is 0 Å². The Morgan fingerprint density at radius 3 is 2.67 bits per heavy atom. The van der Waals surface area contributed by atoms with Crippen LogP contribution in [-0.2, 0) is 0 Å². The maximum Gasteiger partial charge on any atom is 0.269 e. The van der Waals surface area contributed by atoms with Gasteiger partial charge in [-0.05, 0) is 19.9 Å². The van der Waals surface area contributed by atoms with Gasteiger partial charge in [0, 0.05) is 11.4 Å². The molecule has 2 N–H and O–H groups in total. The van der Waals surface area contributed by atoms with E-state index in [9.17, 15) is 4.79 Å². The summed E-state index contributed by atoms with van der Waals surface area (Å²) in [5.41, 5.74) is 6.57. The predicted molar refractivity (Wildman–Crippen MR) is 58.6 cm³/mol. The van der Waals surface area contributed by atoms with Crippen LogP contribution >= 0.6 is 0 Å². The number of nitrogens with two attached hydrogens (primary N) is 1. The summed E-state index contributed by atoms with van der Waals surface area (Å²) in [7, 11) is 0. The highest BCUT2D eigenvalue weighted by atomic mass is 16.1. The van der Waals surface area contributed by atoms with Crippen LogP contribution in [0.3, 0.4) is 0 Å². The van der Waals surface area contributed by atoms with Gasteiger partial charge in [-0.25, -0.2) is 0 Å². The van der Waals surface area contributed by atoms with E-state index in [0.717, 1.165) is 10.9 Å². The maximum atomic E-state index is 11.2. The van der Waals surface area contributed by atoms with Crippen LogP contribution < -0.4 is 5.73 Å². The molecule has 0 saturated heterocycles. The molecule has 4 heteroatoms. The summed E-state index contributed by atoms with van der Waals surface area (Å²) >= 11 is 0. The van der Waals surface area contributed by atoms with Crippen molar-refractivity contribution in [2.24, 2.45) is 5.73 Å². The van der Waals surface area contributed by atoms with Crippen LogP contribution in [-0.4, -0.2) is 15.7 Å². The molecule has 78 valence electrons. The number of primary amides is 1. The lowest BCUT2D eigenvalue weighted by molar-refractivity contribution is 0.0996. The van der Waals surface area contributed by atoms with Gasteiger partial charge < -0.3 is 5.73 Å². The van der Waals surface area contributed by atoms with Crippen molar-refractivity contribution in [1.82, 2.24) is 9.78 Å².